The molecule has 0 fully saturated rings. The van der Waals surface area contributed by atoms with Crippen LogP contribution in [0.1, 0.15) is 10.4 Å². The maximum Gasteiger partial charge on any atom is 0.337 e. The number of ether oxygens (including phenoxy) is 2. The van der Waals surface area contributed by atoms with Gasteiger partial charge in [0.2, 0.25) is 0 Å². The van der Waals surface area contributed by atoms with Gasteiger partial charge in [0, 0.05) is 4.88 Å². The van der Waals surface area contributed by atoms with Crippen LogP contribution in [0.25, 0.3) is 11.6 Å². The summed E-state index contributed by atoms with van der Waals surface area (Å²) in [4.78, 5) is 12.2. The molecule has 5 heteroatoms. The first kappa shape index (κ1) is 17.8. The van der Waals surface area contributed by atoms with Crippen molar-refractivity contribution in [3.05, 3.63) is 82.6 Å². The number of benzene rings is 2. The smallest absolute Gasteiger partial charge is 0.337 e. The standard InChI is InChI=1S/C21H18O4S/c22-21(23)19(20-7-4-14-26-20)15-16-8-10-18(11-9-16)25-13-12-24-17-5-2-1-3-6-17/h1-11,14-15H,12-13H2,(H,22,23)/b19-15+. The van der Waals surface area contributed by atoms with E-state index >= 15 is 0 Å². The van der Waals surface area contributed by atoms with Crippen LogP contribution in [0.5, 0.6) is 11.5 Å². The van der Waals surface area contributed by atoms with Crippen LogP contribution in [-0.2, 0) is 4.79 Å². The number of hydrogen-bond donors (Lipinski definition) is 1. The minimum atomic E-state index is -0.939. The second-order valence-corrected chi connectivity index (χ2v) is 6.37. The summed E-state index contributed by atoms with van der Waals surface area (Å²) in [6.07, 6.45) is 1.66. The molecule has 0 atom stereocenters. The highest BCUT2D eigenvalue weighted by molar-refractivity contribution is 7.11. The van der Waals surface area contributed by atoms with Crippen molar-refractivity contribution in [3.63, 3.8) is 0 Å². The highest BCUT2D eigenvalue weighted by Gasteiger charge is 2.11. The zero-order valence-electron chi connectivity index (χ0n) is 14.0. The molecule has 2 aromatic carbocycles. The number of rotatable bonds is 8. The second kappa shape index (κ2) is 8.87. The lowest BCUT2D eigenvalue weighted by atomic mass is 10.1. The molecule has 1 N–H and O–H groups in total. The molecule has 0 aliphatic rings. The van der Waals surface area contributed by atoms with Crippen LogP contribution in [0.4, 0.5) is 0 Å². The van der Waals surface area contributed by atoms with E-state index in [2.05, 4.69) is 0 Å². The van der Waals surface area contributed by atoms with Crippen molar-refractivity contribution in [1.82, 2.24) is 0 Å². The first-order valence-corrected chi connectivity index (χ1v) is 9.00. The summed E-state index contributed by atoms with van der Waals surface area (Å²) in [6.45, 7) is 0.882. The van der Waals surface area contributed by atoms with Gasteiger partial charge in [-0.25, -0.2) is 4.79 Å². The summed E-state index contributed by atoms with van der Waals surface area (Å²) in [7, 11) is 0. The van der Waals surface area contributed by atoms with Crippen molar-refractivity contribution in [2.24, 2.45) is 0 Å². The SMILES string of the molecule is O=C(O)/C(=C/c1ccc(OCCOc2ccccc2)cc1)c1cccs1. The molecule has 0 aliphatic heterocycles. The van der Waals surface area contributed by atoms with E-state index in [-0.39, 0.29) is 5.57 Å². The van der Waals surface area contributed by atoms with Gasteiger partial charge in [0.1, 0.15) is 24.7 Å². The Balaban J connectivity index is 1.56. The minimum absolute atomic E-state index is 0.282. The highest BCUT2D eigenvalue weighted by Crippen LogP contribution is 2.24. The van der Waals surface area contributed by atoms with E-state index < -0.39 is 5.97 Å². The molecule has 0 unspecified atom stereocenters. The minimum Gasteiger partial charge on any atom is -0.490 e. The molecule has 0 bridgehead atoms. The zero-order valence-corrected chi connectivity index (χ0v) is 14.8. The summed E-state index contributed by atoms with van der Waals surface area (Å²) in [5.41, 5.74) is 1.09. The van der Waals surface area contributed by atoms with Crippen molar-refractivity contribution < 1.29 is 19.4 Å². The number of thiophene rings is 1. The predicted octanol–water partition coefficient (Wildman–Crippen LogP) is 4.83. The van der Waals surface area contributed by atoms with Gasteiger partial charge in [0.25, 0.3) is 0 Å². The van der Waals surface area contributed by atoms with Crippen molar-refractivity contribution in [2.45, 2.75) is 0 Å². The lowest BCUT2D eigenvalue weighted by Gasteiger charge is -2.08. The average Bonchev–Trinajstić information content (AvgIpc) is 3.19. The fraction of sp³-hybridized carbons (Fsp3) is 0.0952. The van der Waals surface area contributed by atoms with Gasteiger partial charge in [-0.3, -0.25) is 0 Å². The molecule has 26 heavy (non-hydrogen) atoms. The topological polar surface area (TPSA) is 55.8 Å². The van der Waals surface area contributed by atoms with Crippen LogP contribution in [-0.4, -0.2) is 24.3 Å². The summed E-state index contributed by atoms with van der Waals surface area (Å²) in [5, 5.41) is 11.3. The summed E-state index contributed by atoms with van der Waals surface area (Å²) in [5.74, 6) is 0.587. The van der Waals surface area contributed by atoms with Crippen LogP contribution in [0, 0.1) is 0 Å². The summed E-state index contributed by atoms with van der Waals surface area (Å²) < 4.78 is 11.2. The molecule has 1 aromatic heterocycles. The largest absolute Gasteiger partial charge is 0.490 e. The zero-order chi connectivity index (χ0) is 18.2. The Morgan fingerprint density at radius 3 is 2.12 bits per heavy atom. The van der Waals surface area contributed by atoms with E-state index in [0.29, 0.717) is 19.0 Å². The molecule has 1 heterocycles. The van der Waals surface area contributed by atoms with Crippen molar-refractivity contribution in [2.75, 3.05) is 13.2 Å². The van der Waals surface area contributed by atoms with Gasteiger partial charge in [-0.15, -0.1) is 11.3 Å². The van der Waals surface area contributed by atoms with Gasteiger partial charge in [0.05, 0.1) is 5.57 Å². The molecular formula is C21H18O4S. The molecular weight excluding hydrogens is 348 g/mol. The first-order valence-electron chi connectivity index (χ1n) is 8.12. The first-order chi connectivity index (χ1) is 12.7. The lowest BCUT2D eigenvalue weighted by Crippen LogP contribution is -2.08. The van der Waals surface area contributed by atoms with Gasteiger partial charge in [-0.2, -0.15) is 0 Å². The van der Waals surface area contributed by atoms with Crippen molar-refractivity contribution >= 4 is 29.0 Å². The number of hydrogen-bond acceptors (Lipinski definition) is 4. The molecule has 3 aromatic rings. The van der Waals surface area contributed by atoms with Crippen LogP contribution < -0.4 is 9.47 Å². The molecule has 0 aliphatic carbocycles. The molecule has 0 saturated carbocycles. The quantitative estimate of drug-likeness (QED) is 0.458. The van der Waals surface area contributed by atoms with Gasteiger partial charge in [-0.1, -0.05) is 36.4 Å². The van der Waals surface area contributed by atoms with Gasteiger partial charge < -0.3 is 14.6 Å². The van der Waals surface area contributed by atoms with Gasteiger partial charge in [-0.05, 0) is 47.4 Å². The number of carboxylic acid groups (broad SMARTS) is 1. The molecule has 0 saturated heterocycles. The van der Waals surface area contributed by atoms with Crippen molar-refractivity contribution in [1.29, 1.82) is 0 Å². The monoisotopic (exact) mass is 366 g/mol. The number of carboxylic acids is 1. The normalized spacial score (nSPS) is 11.2. The Labute approximate surface area is 156 Å². The lowest BCUT2D eigenvalue weighted by molar-refractivity contribution is -0.130. The number of para-hydroxylation sites is 1. The Kier molecular flexibility index (Phi) is 6.06. The fourth-order valence-electron chi connectivity index (χ4n) is 2.33. The van der Waals surface area contributed by atoms with E-state index in [0.717, 1.165) is 16.2 Å². The molecule has 132 valence electrons. The maximum absolute atomic E-state index is 11.5. The third-order valence-corrected chi connectivity index (χ3v) is 4.48. The van der Waals surface area contributed by atoms with E-state index in [1.54, 1.807) is 12.1 Å². The van der Waals surface area contributed by atoms with E-state index in [1.807, 2.05) is 66.0 Å². The summed E-state index contributed by atoms with van der Waals surface area (Å²) in [6, 6.07) is 20.5. The molecule has 4 nitrogen and oxygen atoms in total. The Morgan fingerprint density at radius 2 is 1.54 bits per heavy atom. The van der Waals surface area contributed by atoms with Gasteiger partial charge >= 0.3 is 5.97 Å². The Hall–Kier alpha value is -3.05. The Bertz CT molecular complexity index is 853. The molecule has 3 rings (SSSR count). The molecule has 0 amide bonds. The van der Waals surface area contributed by atoms with Crippen LogP contribution in [0.3, 0.4) is 0 Å². The van der Waals surface area contributed by atoms with E-state index in [4.69, 9.17) is 9.47 Å². The van der Waals surface area contributed by atoms with E-state index in [9.17, 15) is 9.90 Å². The van der Waals surface area contributed by atoms with Crippen LogP contribution in [0.15, 0.2) is 72.1 Å². The average molecular weight is 366 g/mol. The Morgan fingerprint density at radius 1 is 0.885 bits per heavy atom. The number of aliphatic carboxylic acids is 1. The predicted molar refractivity (Wildman–Crippen MR) is 104 cm³/mol. The van der Waals surface area contributed by atoms with Gasteiger partial charge in [0.15, 0.2) is 0 Å². The third kappa shape index (κ3) is 4.97. The second-order valence-electron chi connectivity index (χ2n) is 5.42. The summed E-state index contributed by atoms with van der Waals surface area (Å²) >= 11 is 1.41. The van der Waals surface area contributed by atoms with Crippen LogP contribution in [0.2, 0.25) is 0 Å². The van der Waals surface area contributed by atoms with E-state index in [1.165, 1.54) is 11.3 Å². The van der Waals surface area contributed by atoms with Crippen LogP contribution >= 0.6 is 11.3 Å². The number of carbonyl (C=O) groups is 1. The fourth-order valence-corrected chi connectivity index (χ4v) is 3.07. The third-order valence-electron chi connectivity index (χ3n) is 3.57. The highest BCUT2D eigenvalue weighted by atomic mass is 32.1. The van der Waals surface area contributed by atoms with Crippen molar-refractivity contribution in [3.8, 4) is 11.5 Å². The molecule has 0 radical (unpaired) electrons. The maximum atomic E-state index is 11.5. The molecule has 0 spiro atoms.